The first kappa shape index (κ1) is 17.9. The van der Waals surface area contributed by atoms with Crippen molar-refractivity contribution < 1.29 is 17.9 Å². The zero-order chi connectivity index (χ0) is 17.0. The molecule has 2 heterocycles. The molecular weight excluding hydrogens is 320 g/mol. The van der Waals surface area contributed by atoms with Crippen LogP contribution in [-0.4, -0.2) is 67.5 Å². The van der Waals surface area contributed by atoms with Gasteiger partial charge in [-0.1, -0.05) is 0 Å². The summed E-state index contributed by atoms with van der Waals surface area (Å²) >= 11 is 0. The second-order valence-corrected chi connectivity index (χ2v) is 8.23. The van der Waals surface area contributed by atoms with E-state index >= 15 is 0 Å². The van der Waals surface area contributed by atoms with Crippen LogP contribution >= 0.6 is 0 Å². The van der Waals surface area contributed by atoms with Gasteiger partial charge in [-0.25, -0.2) is 12.7 Å². The zero-order valence-corrected chi connectivity index (χ0v) is 14.5. The highest BCUT2D eigenvalue weighted by Gasteiger charge is 2.33. The molecule has 0 spiro atoms. The second-order valence-electron chi connectivity index (χ2n) is 6.00. The third-order valence-electron chi connectivity index (χ3n) is 3.87. The predicted molar refractivity (Wildman–Crippen MR) is 85.3 cm³/mol. The topological polar surface area (TPSA) is 93.5 Å². The lowest BCUT2D eigenvalue weighted by atomic mass is 10.1. The number of carbonyl (C=O) groups is 1. The summed E-state index contributed by atoms with van der Waals surface area (Å²) < 4.78 is 32.2. The van der Waals surface area contributed by atoms with Gasteiger partial charge in [0.1, 0.15) is 0 Å². The van der Waals surface area contributed by atoms with E-state index in [1.165, 1.54) is 18.4 Å². The van der Waals surface area contributed by atoms with Crippen molar-refractivity contribution in [1.29, 1.82) is 0 Å². The first-order chi connectivity index (χ1) is 10.8. The third kappa shape index (κ3) is 5.02. The van der Waals surface area contributed by atoms with Gasteiger partial charge in [0.25, 0.3) is 0 Å². The summed E-state index contributed by atoms with van der Waals surface area (Å²) in [7, 11) is -0.305. The van der Waals surface area contributed by atoms with Crippen LogP contribution in [0, 0.1) is 12.8 Å². The van der Waals surface area contributed by atoms with E-state index in [2.05, 4.69) is 10.4 Å². The van der Waals surface area contributed by atoms with Crippen molar-refractivity contribution in [3.63, 3.8) is 0 Å². The van der Waals surface area contributed by atoms with Gasteiger partial charge >= 0.3 is 0 Å². The van der Waals surface area contributed by atoms with Crippen LogP contribution in [0.5, 0.6) is 0 Å². The van der Waals surface area contributed by atoms with Crippen molar-refractivity contribution in [2.24, 2.45) is 5.92 Å². The van der Waals surface area contributed by atoms with E-state index in [4.69, 9.17) is 4.74 Å². The molecular formula is C14H24N4O4S. The Morgan fingerprint density at radius 3 is 2.83 bits per heavy atom. The Balaban J connectivity index is 1.84. The van der Waals surface area contributed by atoms with E-state index < -0.39 is 10.0 Å². The maximum Gasteiger partial charge on any atom is 0.222 e. The SMILES string of the molecule is Cc1ccn(CCC(=O)N[C@H]2COC[C@H]2CS(=O)(=O)N(C)C)n1. The minimum Gasteiger partial charge on any atom is -0.379 e. The van der Waals surface area contributed by atoms with Crippen molar-refractivity contribution >= 4 is 15.9 Å². The molecule has 8 nitrogen and oxygen atoms in total. The molecule has 130 valence electrons. The van der Waals surface area contributed by atoms with Gasteiger partial charge in [-0.2, -0.15) is 5.10 Å². The number of aryl methyl sites for hydroxylation is 2. The Morgan fingerprint density at radius 1 is 1.48 bits per heavy atom. The van der Waals surface area contributed by atoms with Crippen molar-refractivity contribution in [2.45, 2.75) is 25.9 Å². The molecule has 1 aromatic rings. The predicted octanol–water partition coefficient (Wildman–Crippen LogP) is -0.396. The average molecular weight is 344 g/mol. The number of rotatable bonds is 7. The Morgan fingerprint density at radius 2 is 2.22 bits per heavy atom. The van der Waals surface area contributed by atoms with E-state index in [-0.39, 0.29) is 23.6 Å². The smallest absolute Gasteiger partial charge is 0.222 e. The first-order valence-corrected chi connectivity index (χ1v) is 9.16. The first-order valence-electron chi connectivity index (χ1n) is 7.55. The van der Waals surface area contributed by atoms with E-state index in [9.17, 15) is 13.2 Å². The van der Waals surface area contributed by atoms with Crippen molar-refractivity contribution in [3.8, 4) is 0 Å². The molecule has 9 heteroatoms. The van der Waals surface area contributed by atoms with Crippen LogP contribution in [0.25, 0.3) is 0 Å². The number of hydrogen-bond donors (Lipinski definition) is 1. The number of hydrogen-bond acceptors (Lipinski definition) is 5. The van der Waals surface area contributed by atoms with Crippen LogP contribution in [0.1, 0.15) is 12.1 Å². The molecule has 0 aliphatic carbocycles. The molecule has 0 saturated carbocycles. The number of carbonyl (C=O) groups excluding carboxylic acids is 1. The van der Waals surface area contributed by atoms with Crippen LogP contribution < -0.4 is 5.32 Å². The van der Waals surface area contributed by atoms with Crippen LogP contribution in [0.15, 0.2) is 12.3 Å². The van der Waals surface area contributed by atoms with Gasteiger partial charge in [-0.15, -0.1) is 0 Å². The average Bonchev–Trinajstić information content (AvgIpc) is 3.06. The lowest BCUT2D eigenvalue weighted by Crippen LogP contribution is -2.43. The van der Waals surface area contributed by atoms with Crippen molar-refractivity contribution in [2.75, 3.05) is 33.1 Å². The maximum atomic E-state index is 12.1. The maximum absolute atomic E-state index is 12.1. The van der Waals surface area contributed by atoms with Gasteiger partial charge < -0.3 is 10.1 Å². The normalized spacial score (nSPS) is 21.7. The van der Waals surface area contributed by atoms with Gasteiger partial charge in [0, 0.05) is 39.2 Å². The van der Waals surface area contributed by atoms with Crippen molar-refractivity contribution in [1.82, 2.24) is 19.4 Å². The number of aromatic nitrogens is 2. The molecule has 0 unspecified atom stereocenters. The second kappa shape index (κ2) is 7.41. The minimum absolute atomic E-state index is 0.0245. The minimum atomic E-state index is -3.31. The third-order valence-corrected chi connectivity index (χ3v) is 5.83. The van der Waals surface area contributed by atoms with E-state index in [1.807, 2.05) is 19.2 Å². The lowest BCUT2D eigenvalue weighted by Gasteiger charge is -2.21. The molecule has 1 fully saturated rings. The highest BCUT2D eigenvalue weighted by Crippen LogP contribution is 2.17. The number of amides is 1. The standard InChI is InChI=1S/C14H24N4O4S/c1-11-4-6-18(16-11)7-5-14(19)15-13-9-22-8-12(13)10-23(20,21)17(2)3/h4,6,12-13H,5,7-10H2,1-3H3,(H,15,19)/t12-,13-/m0/s1. The summed E-state index contributed by atoms with van der Waals surface area (Å²) in [5.74, 6) is -0.372. The number of ether oxygens (including phenoxy) is 1. The van der Waals surface area contributed by atoms with Gasteiger partial charge in [-0.3, -0.25) is 9.48 Å². The fourth-order valence-electron chi connectivity index (χ4n) is 2.42. The van der Waals surface area contributed by atoms with E-state index in [0.29, 0.717) is 26.2 Å². The molecule has 2 rings (SSSR count). The van der Waals surface area contributed by atoms with Crippen LogP contribution in [0.2, 0.25) is 0 Å². The van der Waals surface area contributed by atoms with Crippen LogP contribution in [0.3, 0.4) is 0 Å². The van der Waals surface area contributed by atoms with Gasteiger partial charge in [-0.05, 0) is 13.0 Å². The highest BCUT2D eigenvalue weighted by molar-refractivity contribution is 7.89. The Labute approximate surface area is 136 Å². The largest absolute Gasteiger partial charge is 0.379 e. The summed E-state index contributed by atoms with van der Waals surface area (Å²) in [6.07, 6.45) is 2.12. The summed E-state index contributed by atoms with van der Waals surface area (Å²) in [5, 5.41) is 7.10. The lowest BCUT2D eigenvalue weighted by molar-refractivity contribution is -0.122. The van der Waals surface area contributed by atoms with Gasteiger partial charge in [0.2, 0.25) is 15.9 Å². The summed E-state index contributed by atoms with van der Waals surface area (Å²) in [6, 6.07) is 1.61. The molecule has 1 saturated heterocycles. The zero-order valence-electron chi connectivity index (χ0n) is 13.7. The number of nitrogens with one attached hydrogen (secondary N) is 1. The monoisotopic (exact) mass is 344 g/mol. The van der Waals surface area contributed by atoms with Crippen molar-refractivity contribution in [3.05, 3.63) is 18.0 Å². The number of nitrogens with zero attached hydrogens (tertiary/aromatic N) is 3. The molecule has 1 N–H and O–H groups in total. The molecule has 2 atom stereocenters. The van der Waals surface area contributed by atoms with Gasteiger partial charge in [0.15, 0.2) is 0 Å². The Hall–Kier alpha value is -1.45. The molecule has 0 bridgehead atoms. The summed E-state index contributed by atoms with van der Waals surface area (Å²) in [4.78, 5) is 12.1. The molecule has 0 radical (unpaired) electrons. The molecule has 0 aromatic carbocycles. The fourth-order valence-corrected chi connectivity index (χ4v) is 3.59. The Kier molecular flexibility index (Phi) is 5.77. The van der Waals surface area contributed by atoms with Crippen LogP contribution in [0.4, 0.5) is 0 Å². The highest BCUT2D eigenvalue weighted by atomic mass is 32.2. The Bertz CT molecular complexity index is 641. The molecule has 23 heavy (non-hydrogen) atoms. The molecule has 1 aliphatic rings. The quantitative estimate of drug-likeness (QED) is 0.727. The van der Waals surface area contributed by atoms with Gasteiger partial charge in [0.05, 0.1) is 30.7 Å². The number of sulfonamides is 1. The van der Waals surface area contributed by atoms with Crippen LogP contribution in [-0.2, 0) is 26.1 Å². The fraction of sp³-hybridized carbons (Fsp3) is 0.714. The van der Waals surface area contributed by atoms with E-state index in [0.717, 1.165) is 5.69 Å². The molecule has 1 aliphatic heterocycles. The summed E-state index contributed by atoms with van der Waals surface area (Å²) in [6.45, 7) is 3.08. The summed E-state index contributed by atoms with van der Waals surface area (Å²) in [5.41, 5.74) is 0.906. The molecule has 1 aromatic heterocycles. The van der Waals surface area contributed by atoms with E-state index in [1.54, 1.807) is 4.68 Å². The molecule has 1 amide bonds.